The molecular weight excluding hydrogens is 124 g/mol. The summed E-state index contributed by atoms with van der Waals surface area (Å²) in [5.74, 6) is 0. The molecule has 0 rings (SSSR count). The average molecular weight is 128 g/mol. The fourth-order valence-electron chi connectivity index (χ4n) is 0. The van der Waals surface area contributed by atoms with Crippen molar-refractivity contribution in [2.45, 2.75) is 0 Å². The van der Waals surface area contributed by atoms with Gasteiger partial charge in [0, 0.05) is 22.0 Å². The van der Waals surface area contributed by atoms with Crippen molar-refractivity contribution < 1.29 is 24.8 Å². The predicted molar refractivity (Wildman–Crippen MR) is 13.0 cm³/mol. The molecule has 6 heteroatoms. The SMILES string of the molecule is N.[Al].[O-][Cl+2]([O-])O. The average Bonchev–Trinajstić information content (AvgIpc) is 0.811. The first-order chi connectivity index (χ1) is 1.73. The normalized spacial score (nSPS) is 6.00. The monoisotopic (exact) mass is 128 g/mol. The molecule has 37 valence electrons. The van der Waals surface area contributed by atoms with Gasteiger partial charge in [0.15, 0.2) is 0 Å². The van der Waals surface area contributed by atoms with Crippen molar-refractivity contribution in [3.8, 4) is 0 Å². The lowest BCUT2D eigenvalue weighted by Gasteiger charge is -1.72. The Kier molecular flexibility index (Phi) is 24.4. The summed E-state index contributed by atoms with van der Waals surface area (Å²) in [5.41, 5.74) is 0. The van der Waals surface area contributed by atoms with Crippen LogP contribution in [0.3, 0.4) is 0 Å². The van der Waals surface area contributed by atoms with Crippen LogP contribution in [0.4, 0.5) is 0 Å². The van der Waals surface area contributed by atoms with Gasteiger partial charge in [-0.3, -0.25) is 0 Å². The van der Waals surface area contributed by atoms with E-state index < -0.39 is 10.8 Å². The lowest BCUT2D eigenvalue weighted by atomic mass is 14.0. The van der Waals surface area contributed by atoms with Crippen LogP contribution in [0.2, 0.25) is 0 Å². The minimum atomic E-state index is -2.60. The van der Waals surface area contributed by atoms with Crippen LogP contribution in [0.1, 0.15) is 0 Å². The Bertz CT molecular complexity index is 15.5. The Morgan fingerprint density at radius 2 is 1.33 bits per heavy atom. The van der Waals surface area contributed by atoms with Crippen LogP contribution in [0.25, 0.3) is 0 Å². The maximum Gasteiger partial charge on any atom is 0.282 e. The zero-order chi connectivity index (χ0) is 3.58. The van der Waals surface area contributed by atoms with Crippen LogP contribution >= 0.6 is 0 Å². The summed E-state index contributed by atoms with van der Waals surface area (Å²) in [6.07, 6.45) is 0. The minimum absolute atomic E-state index is 0. The van der Waals surface area contributed by atoms with Crippen molar-refractivity contribution in [3.05, 3.63) is 0 Å². The third kappa shape index (κ3) is 143. The third-order valence-electron chi connectivity index (χ3n) is 0. The highest BCUT2D eigenvalue weighted by atomic mass is 35.6. The van der Waals surface area contributed by atoms with E-state index in [0.717, 1.165) is 0 Å². The van der Waals surface area contributed by atoms with Gasteiger partial charge in [-0.2, -0.15) is 0 Å². The Morgan fingerprint density at radius 1 is 1.33 bits per heavy atom. The molecule has 0 bridgehead atoms. The fraction of sp³-hybridized carbons (Fsp3) is 0. The molecule has 0 heterocycles. The topological polar surface area (TPSA) is 101 Å². The van der Waals surface area contributed by atoms with Crippen LogP contribution in [0.5, 0.6) is 0 Å². The summed E-state index contributed by atoms with van der Waals surface area (Å²) >= 11 is 0. The van der Waals surface area contributed by atoms with E-state index in [-0.39, 0.29) is 23.5 Å². The van der Waals surface area contributed by atoms with Gasteiger partial charge in [0.05, 0.1) is 0 Å². The largest absolute Gasteiger partial charge is 0.344 e. The molecular formula is H4AlClNO3. The Labute approximate surface area is 48.9 Å². The molecule has 0 aromatic carbocycles. The van der Waals surface area contributed by atoms with E-state index in [1.165, 1.54) is 0 Å². The van der Waals surface area contributed by atoms with Crippen molar-refractivity contribution in [2.75, 3.05) is 0 Å². The predicted octanol–water partition coefficient (Wildman–Crippen LogP) is -3.15. The van der Waals surface area contributed by atoms with E-state index in [1.807, 2.05) is 0 Å². The Balaban J connectivity index is -0.0000000450. The summed E-state index contributed by atoms with van der Waals surface area (Å²) in [4.78, 5) is 0. The number of hydrogen-bond donors (Lipinski definition) is 2. The molecule has 0 aromatic heterocycles. The smallest absolute Gasteiger partial charge is 0.282 e. The minimum Gasteiger partial charge on any atom is -0.344 e. The van der Waals surface area contributed by atoms with Gasteiger partial charge in [0.25, 0.3) is 10.8 Å². The first kappa shape index (κ1) is 15.9. The van der Waals surface area contributed by atoms with Crippen molar-refractivity contribution in [1.29, 1.82) is 0 Å². The zero-order valence-corrected chi connectivity index (χ0v) is 4.84. The maximum absolute atomic E-state index is 8.52. The molecule has 6 heavy (non-hydrogen) atoms. The van der Waals surface area contributed by atoms with Gasteiger partial charge >= 0.3 is 0 Å². The molecule has 3 radical (unpaired) electrons. The maximum atomic E-state index is 8.52. The van der Waals surface area contributed by atoms with E-state index in [2.05, 4.69) is 0 Å². The van der Waals surface area contributed by atoms with E-state index in [0.29, 0.717) is 0 Å². The van der Waals surface area contributed by atoms with Crippen molar-refractivity contribution >= 4 is 17.4 Å². The molecule has 4 N–H and O–H groups in total. The van der Waals surface area contributed by atoms with E-state index in [4.69, 9.17) is 14.0 Å². The highest BCUT2D eigenvalue weighted by molar-refractivity contribution is 5.75. The van der Waals surface area contributed by atoms with Gasteiger partial charge in [-0.15, -0.1) is 0 Å². The molecule has 0 atom stereocenters. The molecule has 0 saturated carbocycles. The quantitative estimate of drug-likeness (QED) is 0.336. The molecule has 0 aliphatic rings. The molecule has 0 aliphatic carbocycles. The third-order valence-corrected chi connectivity index (χ3v) is 0. The van der Waals surface area contributed by atoms with Crippen LogP contribution in [-0.2, 0) is 0 Å². The molecule has 0 unspecified atom stereocenters. The Hall–Kier alpha value is 0.662. The number of rotatable bonds is 0. The van der Waals surface area contributed by atoms with Gasteiger partial charge in [0.1, 0.15) is 0 Å². The molecule has 0 amide bonds. The van der Waals surface area contributed by atoms with Gasteiger partial charge in [-0.05, 0) is 0 Å². The van der Waals surface area contributed by atoms with Crippen molar-refractivity contribution in [1.82, 2.24) is 6.15 Å². The van der Waals surface area contributed by atoms with E-state index in [9.17, 15) is 0 Å². The lowest BCUT2D eigenvalue weighted by Crippen LogP contribution is -2.30. The summed E-state index contributed by atoms with van der Waals surface area (Å²) < 4.78 is 24.0. The van der Waals surface area contributed by atoms with Crippen LogP contribution in [0, 0.1) is 10.8 Å². The van der Waals surface area contributed by atoms with E-state index in [1.54, 1.807) is 0 Å². The molecule has 0 fully saturated rings. The van der Waals surface area contributed by atoms with Crippen LogP contribution in [-0.4, -0.2) is 22.0 Å². The molecule has 0 aromatic rings. The summed E-state index contributed by atoms with van der Waals surface area (Å²) in [6.45, 7) is 0. The summed E-state index contributed by atoms with van der Waals surface area (Å²) in [5, 5.41) is 0. The standard InChI is InChI=1S/Al.ClHO3.H3N/c;2-1(3)4;/h;2H;1H3. The summed E-state index contributed by atoms with van der Waals surface area (Å²) in [6, 6.07) is 0. The Morgan fingerprint density at radius 3 is 1.33 bits per heavy atom. The molecule has 4 nitrogen and oxygen atoms in total. The zero-order valence-electron chi connectivity index (χ0n) is 2.93. The summed E-state index contributed by atoms with van der Waals surface area (Å²) in [7, 11) is -2.60. The van der Waals surface area contributed by atoms with Crippen molar-refractivity contribution in [2.24, 2.45) is 0 Å². The number of halogens is 1. The van der Waals surface area contributed by atoms with E-state index >= 15 is 0 Å². The fourth-order valence-corrected chi connectivity index (χ4v) is 0. The molecule has 0 aliphatic heterocycles. The first-order valence-corrected chi connectivity index (χ1v) is 1.43. The first-order valence-electron chi connectivity index (χ1n) is 0.478. The second kappa shape index (κ2) is 9.18. The van der Waals surface area contributed by atoms with Gasteiger partial charge in [-0.1, -0.05) is 0 Å². The van der Waals surface area contributed by atoms with Crippen molar-refractivity contribution in [3.63, 3.8) is 0 Å². The highest BCUT2D eigenvalue weighted by Gasteiger charge is 1.79. The van der Waals surface area contributed by atoms with Gasteiger partial charge in [-0.25, -0.2) is 0 Å². The lowest BCUT2D eigenvalue weighted by molar-refractivity contribution is -1.63. The van der Waals surface area contributed by atoms with Crippen LogP contribution < -0.4 is 15.5 Å². The number of hydrogen-bond acceptors (Lipinski definition) is 4. The second-order valence-corrected chi connectivity index (χ2v) is 0.603. The van der Waals surface area contributed by atoms with Crippen LogP contribution in [0.15, 0.2) is 0 Å². The van der Waals surface area contributed by atoms with Gasteiger partial charge in [0.2, 0.25) is 0 Å². The second-order valence-electron chi connectivity index (χ2n) is 0.201. The molecule has 0 saturated heterocycles. The highest BCUT2D eigenvalue weighted by Crippen LogP contribution is 1.38. The molecule has 0 spiro atoms. The van der Waals surface area contributed by atoms with Gasteiger partial charge < -0.3 is 15.5 Å².